The Morgan fingerprint density at radius 2 is 2.15 bits per heavy atom. The minimum absolute atomic E-state index is 0. The van der Waals surface area contributed by atoms with Crippen molar-refractivity contribution in [3.8, 4) is 11.4 Å². The Morgan fingerprint density at radius 3 is 2.85 bits per heavy atom. The quantitative estimate of drug-likeness (QED) is 0.307. The van der Waals surface area contributed by atoms with Gasteiger partial charge in [-0.2, -0.15) is 4.98 Å². The third-order valence-corrected chi connectivity index (χ3v) is 3.85. The summed E-state index contributed by atoms with van der Waals surface area (Å²) >= 11 is 6.00. The number of aryl methyl sites for hydroxylation is 1. The molecule has 9 heteroatoms. The van der Waals surface area contributed by atoms with Gasteiger partial charge in [0.2, 0.25) is 11.7 Å². The highest BCUT2D eigenvalue weighted by atomic mass is 127. The largest absolute Gasteiger partial charge is 0.357 e. The Bertz CT molecular complexity index is 891. The second-order valence-electron chi connectivity index (χ2n) is 5.76. The predicted molar refractivity (Wildman–Crippen MR) is 117 cm³/mol. The maximum atomic E-state index is 6.00. The van der Waals surface area contributed by atoms with Gasteiger partial charge in [0, 0.05) is 36.6 Å². The number of nitrogens with one attached hydrogen (secondary N) is 2. The third kappa shape index (κ3) is 6.24. The monoisotopic (exact) mass is 500 g/mol. The fourth-order valence-electron chi connectivity index (χ4n) is 2.40. The lowest BCUT2D eigenvalue weighted by Gasteiger charge is -2.09. The van der Waals surface area contributed by atoms with Gasteiger partial charge in [-0.15, -0.1) is 24.0 Å². The average Bonchev–Trinajstić information content (AvgIpc) is 3.26. The normalized spacial score (nSPS) is 11.1. The topological polar surface area (TPSA) is 80.3 Å². The molecular formula is C18H22ClIN6O. The molecule has 3 rings (SSSR count). The van der Waals surface area contributed by atoms with E-state index < -0.39 is 0 Å². The first-order valence-corrected chi connectivity index (χ1v) is 8.73. The molecule has 1 aromatic carbocycles. The lowest BCUT2D eigenvalue weighted by Crippen LogP contribution is -2.36. The minimum Gasteiger partial charge on any atom is -0.357 e. The van der Waals surface area contributed by atoms with Crippen molar-refractivity contribution >= 4 is 41.5 Å². The van der Waals surface area contributed by atoms with Crippen LogP contribution >= 0.6 is 35.6 Å². The number of nitrogens with zero attached hydrogens (tertiary/aromatic N) is 4. The Balaban J connectivity index is 0.00000261. The summed E-state index contributed by atoms with van der Waals surface area (Å²) < 4.78 is 7.30. The molecule has 7 nitrogen and oxygen atoms in total. The molecule has 0 radical (unpaired) electrons. The summed E-state index contributed by atoms with van der Waals surface area (Å²) in [7, 11) is 1.99. The highest BCUT2D eigenvalue weighted by Crippen LogP contribution is 2.19. The molecule has 0 saturated carbocycles. The fourth-order valence-corrected chi connectivity index (χ4v) is 2.59. The van der Waals surface area contributed by atoms with E-state index in [1.165, 1.54) is 0 Å². The van der Waals surface area contributed by atoms with E-state index in [1.807, 2.05) is 49.1 Å². The van der Waals surface area contributed by atoms with Crippen LogP contribution in [0.4, 0.5) is 0 Å². The van der Waals surface area contributed by atoms with Crippen LogP contribution in [0.2, 0.25) is 5.02 Å². The Hall–Kier alpha value is -2.07. The summed E-state index contributed by atoms with van der Waals surface area (Å²) in [6, 6.07) is 9.39. The standard InChI is InChI=1S/C18H21ClN6O.HI/c1-3-20-18(21-10-13-7-8-25(2)12-13)22-11-16-23-17(24-26-16)14-5-4-6-15(19)9-14;/h4-9,12H,3,10-11H2,1-2H3,(H2,20,21,22);1H. The van der Waals surface area contributed by atoms with E-state index >= 15 is 0 Å². The molecule has 0 aliphatic carbocycles. The first-order valence-electron chi connectivity index (χ1n) is 8.35. The van der Waals surface area contributed by atoms with Crippen molar-refractivity contribution in [1.82, 2.24) is 25.3 Å². The molecule has 0 bridgehead atoms. The summed E-state index contributed by atoms with van der Waals surface area (Å²) in [6.45, 7) is 3.75. The van der Waals surface area contributed by atoms with Crippen molar-refractivity contribution in [3.05, 3.63) is 59.2 Å². The lowest BCUT2D eigenvalue weighted by atomic mass is 10.2. The molecule has 0 amide bonds. The maximum absolute atomic E-state index is 6.00. The van der Waals surface area contributed by atoms with Gasteiger partial charge in [0.1, 0.15) is 0 Å². The van der Waals surface area contributed by atoms with E-state index in [0.717, 1.165) is 17.7 Å². The predicted octanol–water partition coefficient (Wildman–Crippen LogP) is 3.60. The number of aliphatic imine (C=N–C) groups is 1. The van der Waals surface area contributed by atoms with Gasteiger partial charge in [-0.3, -0.25) is 0 Å². The molecule has 27 heavy (non-hydrogen) atoms. The Morgan fingerprint density at radius 1 is 1.30 bits per heavy atom. The molecule has 0 aliphatic heterocycles. The van der Waals surface area contributed by atoms with Crippen molar-refractivity contribution in [2.24, 2.45) is 12.0 Å². The number of benzene rings is 1. The van der Waals surface area contributed by atoms with Crippen LogP contribution in [0, 0.1) is 0 Å². The van der Waals surface area contributed by atoms with E-state index in [4.69, 9.17) is 16.1 Å². The maximum Gasteiger partial charge on any atom is 0.246 e. The molecule has 2 N–H and O–H groups in total. The van der Waals surface area contributed by atoms with Crippen LogP contribution in [-0.4, -0.2) is 27.2 Å². The zero-order valence-corrected chi connectivity index (χ0v) is 18.2. The summed E-state index contributed by atoms with van der Waals surface area (Å²) in [4.78, 5) is 8.95. The van der Waals surface area contributed by atoms with Gasteiger partial charge in [0.05, 0.1) is 13.1 Å². The number of hydrogen-bond acceptors (Lipinski definition) is 4. The van der Waals surface area contributed by atoms with E-state index in [2.05, 4.69) is 25.8 Å². The lowest BCUT2D eigenvalue weighted by molar-refractivity contribution is 0.375. The highest BCUT2D eigenvalue weighted by molar-refractivity contribution is 14.0. The first kappa shape index (κ1) is 21.2. The second kappa shape index (κ2) is 10.3. The molecule has 0 atom stereocenters. The van der Waals surface area contributed by atoms with E-state index in [1.54, 1.807) is 12.1 Å². The second-order valence-corrected chi connectivity index (χ2v) is 6.19. The Labute approximate surface area is 180 Å². The summed E-state index contributed by atoms with van der Waals surface area (Å²) in [5, 5.41) is 11.0. The van der Waals surface area contributed by atoms with E-state index in [0.29, 0.717) is 35.8 Å². The van der Waals surface area contributed by atoms with E-state index in [9.17, 15) is 0 Å². The highest BCUT2D eigenvalue weighted by Gasteiger charge is 2.09. The van der Waals surface area contributed by atoms with Crippen LogP contribution < -0.4 is 10.6 Å². The third-order valence-electron chi connectivity index (χ3n) is 3.62. The van der Waals surface area contributed by atoms with Gasteiger partial charge < -0.3 is 19.7 Å². The average molecular weight is 501 g/mol. The number of aromatic nitrogens is 3. The Kier molecular flexibility index (Phi) is 8.11. The van der Waals surface area contributed by atoms with Gasteiger partial charge in [-0.05, 0) is 30.7 Å². The molecule has 0 saturated heterocycles. The number of halogens is 2. The van der Waals surface area contributed by atoms with Crippen molar-refractivity contribution < 1.29 is 4.52 Å². The molecular weight excluding hydrogens is 479 g/mol. The number of hydrogen-bond donors (Lipinski definition) is 2. The van der Waals surface area contributed by atoms with Crippen molar-refractivity contribution in [2.75, 3.05) is 6.54 Å². The van der Waals surface area contributed by atoms with Crippen molar-refractivity contribution in [2.45, 2.75) is 20.0 Å². The summed E-state index contributed by atoms with van der Waals surface area (Å²) in [6.07, 6.45) is 4.04. The fraction of sp³-hybridized carbons (Fsp3) is 0.278. The smallest absolute Gasteiger partial charge is 0.246 e. The molecule has 144 valence electrons. The minimum atomic E-state index is 0. The van der Waals surface area contributed by atoms with Crippen LogP contribution in [0.25, 0.3) is 11.4 Å². The van der Waals surface area contributed by atoms with Crippen LogP contribution in [0.15, 0.2) is 52.2 Å². The molecule has 0 fully saturated rings. The molecule has 0 unspecified atom stereocenters. The van der Waals surface area contributed by atoms with Crippen molar-refractivity contribution in [3.63, 3.8) is 0 Å². The summed E-state index contributed by atoms with van der Waals surface area (Å²) in [5.41, 5.74) is 1.96. The molecule has 0 spiro atoms. The molecule has 0 aliphatic rings. The molecule has 2 aromatic heterocycles. The molecule has 2 heterocycles. The summed E-state index contributed by atoms with van der Waals surface area (Å²) in [5.74, 6) is 1.68. The van der Waals surface area contributed by atoms with Gasteiger partial charge in [0.15, 0.2) is 5.96 Å². The van der Waals surface area contributed by atoms with Gasteiger partial charge in [-0.1, -0.05) is 28.9 Å². The van der Waals surface area contributed by atoms with Crippen LogP contribution in [0.3, 0.4) is 0 Å². The zero-order chi connectivity index (χ0) is 18.4. The van der Waals surface area contributed by atoms with E-state index in [-0.39, 0.29) is 24.0 Å². The first-order chi connectivity index (χ1) is 12.6. The van der Waals surface area contributed by atoms with Crippen LogP contribution in [-0.2, 0) is 20.1 Å². The van der Waals surface area contributed by atoms with Crippen LogP contribution in [0.5, 0.6) is 0 Å². The zero-order valence-electron chi connectivity index (χ0n) is 15.1. The van der Waals surface area contributed by atoms with Crippen LogP contribution in [0.1, 0.15) is 18.4 Å². The SMILES string of the molecule is CCNC(=NCc1ccn(C)c1)NCc1nc(-c2cccc(Cl)c2)no1.I. The van der Waals surface area contributed by atoms with Gasteiger partial charge >= 0.3 is 0 Å². The molecule has 3 aromatic rings. The number of rotatable bonds is 6. The van der Waals surface area contributed by atoms with Gasteiger partial charge in [0.25, 0.3) is 0 Å². The number of guanidine groups is 1. The van der Waals surface area contributed by atoms with Gasteiger partial charge in [-0.25, -0.2) is 4.99 Å². The van der Waals surface area contributed by atoms with Crippen molar-refractivity contribution in [1.29, 1.82) is 0 Å².